The largest absolute Gasteiger partial charge is 0.497 e. The predicted molar refractivity (Wildman–Crippen MR) is 97.2 cm³/mol. The minimum absolute atomic E-state index is 0.115. The smallest absolute Gasteiger partial charge is 0.255 e. The van der Waals surface area contributed by atoms with Crippen LogP contribution in [-0.4, -0.2) is 31.0 Å². The van der Waals surface area contributed by atoms with Gasteiger partial charge in [-0.1, -0.05) is 12.1 Å². The van der Waals surface area contributed by atoms with Crippen LogP contribution in [0.2, 0.25) is 0 Å². The van der Waals surface area contributed by atoms with Crippen LogP contribution in [-0.2, 0) is 0 Å². The van der Waals surface area contributed by atoms with Gasteiger partial charge in [-0.2, -0.15) is 0 Å². The van der Waals surface area contributed by atoms with Gasteiger partial charge in [0.1, 0.15) is 5.75 Å². The number of para-hydroxylation sites is 1. The number of anilines is 2. The number of nitrogens with zero attached hydrogens (tertiary/aromatic N) is 1. The number of nitrogens with one attached hydrogen (secondary N) is 1. The Morgan fingerprint density at radius 1 is 1.04 bits per heavy atom. The van der Waals surface area contributed by atoms with Gasteiger partial charge in [-0.3, -0.25) is 4.79 Å². The monoisotopic (exact) mass is 324 g/mol. The van der Waals surface area contributed by atoms with Crippen molar-refractivity contribution in [1.82, 2.24) is 4.90 Å². The molecule has 1 fully saturated rings. The fraction of sp³-hybridized carbons (Fsp3) is 0.350. The van der Waals surface area contributed by atoms with E-state index in [2.05, 4.69) is 5.32 Å². The third kappa shape index (κ3) is 3.53. The lowest BCUT2D eigenvalue weighted by molar-refractivity contribution is 0.0725. The lowest BCUT2D eigenvalue weighted by Gasteiger charge is -2.27. The lowest BCUT2D eigenvalue weighted by Crippen LogP contribution is -2.35. The molecule has 1 aliphatic heterocycles. The van der Waals surface area contributed by atoms with Crippen LogP contribution in [0.5, 0.6) is 5.75 Å². The number of aryl methyl sites for hydroxylation is 1. The second kappa shape index (κ2) is 7.39. The fourth-order valence-corrected chi connectivity index (χ4v) is 3.09. The van der Waals surface area contributed by atoms with E-state index in [4.69, 9.17) is 4.74 Å². The Labute approximate surface area is 143 Å². The molecule has 1 amide bonds. The molecule has 0 spiro atoms. The number of ether oxygens (including phenoxy) is 1. The zero-order valence-corrected chi connectivity index (χ0v) is 14.3. The Balaban J connectivity index is 1.85. The molecule has 2 aromatic carbocycles. The minimum Gasteiger partial charge on any atom is -0.497 e. The van der Waals surface area contributed by atoms with Crippen LogP contribution in [0.3, 0.4) is 0 Å². The topological polar surface area (TPSA) is 41.6 Å². The average molecular weight is 324 g/mol. The highest BCUT2D eigenvalue weighted by Crippen LogP contribution is 2.27. The van der Waals surface area contributed by atoms with Crippen molar-refractivity contribution in [3.63, 3.8) is 0 Å². The number of piperidine rings is 1. The first-order valence-corrected chi connectivity index (χ1v) is 8.49. The molecular weight excluding hydrogens is 300 g/mol. The number of likely N-dealkylation sites (tertiary alicyclic amines) is 1. The first-order chi connectivity index (χ1) is 11.7. The maximum atomic E-state index is 12.9. The normalized spacial score (nSPS) is 14.3. The van der Waals surface area contributed by atoms with Crippen molar-refractivity contribution in [1.29, 1.82) is 0 Å². The van der Waals surface area contributed by atoms with Gasteiger partial charge in [0.15, 0.2) is 0 Å². The maximum Gasteiger partial charge on any atom is 0.255 e. The molecule has 3 rings (SSSR count). The lowest BCUT2D eigenvalue weighted by atomic mass is 10.1. The first kappa shape index (κ1) is 16.4. The molecule has 1 saturated heterocycles. The number of benzene rings is 2. The molecule has 0 radical (unpaired) electrons. The van der Waals surface area contributed by atoms with E-state index in [1.165, 1.54) is 6.42 Å². The molecule has 24 heavy (non-hydrogen) atoms. The van der Waals surface area contributed by atoms with Gasteiger partial charge >= 0.3 is 0 Å². The summed E-state index contributed by atoms with van der Waals surface area (Å²) in [7, 11) is 1.66. The van der Waals surface area contributed by atoms with Crippen LogP contribution in [0.15, 0.2) is 42.5 Å². The number of hydrogen-bond acceptors (Lipinski definition) is 3. The van der Waals surface area contributed by atoms with E-state index in [1.807, 2.05) is 54.3 Å². The SMILES string of the molecule is COc1ccc(Nc2ccccc2C(=O)N2CCCCC2)c(C)c1. The summed E-state index contributed by atoms with van der Waals surface area (Å²) in [6.45, 7) is 3.74. The highest BCUT2D eigenvalue weighted by molar-refractivity contribution is 6.00. The van der Waals surface area contributed by atoms with Gasteiger partial charge in [0.05, 0.1) is 18.4 Å². The Kier molecular flexibility index (Phi) is 5.04. The van der Waals surface area contributed by atoms with Gasteiger partial charge in [0.25, 0.3) is 5.91 Å². The van der Waals surface area contributed by atoms with Crippen LogP contribution >= 0.6 is 0 Å². The Hall–Kier alpha value is -2.49. The number of carbonyl (C=O) groups is 1. The zero-order valence-electron chi connectivity index (χ0n) is 14.3. The molecule has 0 aliphatic carbocycles. The van der Waals surface area contributed by atoms with Gasteiger partial charge in [-0.05, 0) is 62.1 Å². The summed E-state index contributed by atoms with van der Waals surface area (Å²) in [5, 5.41) is 3.41. The summed E-state index contributed by atoms with van der Waals surface area (Å²) < 4.78 is 5.25. The molecule has 126 valence electrons. The Morgan fingerprint density at radius 3 is 2.50 bits per heavy atom. The highest BCUT2D eigenvalue weighted by atomic mass is 16.5. The van der Waals surface area contributed by atoms with E-state index < -0.39 is 0 Å². The van der Waals surface area contributed by atoms with Crippen molar-refractivity contribution in [2.24, 2.45) is 0 Å². The summed E-state index contributed by atoms with van der Waals surface area (Å²) >= 11 is 0. The molecule has 0 unspecified atom stereocenters. The number of carbonyl (C=O) groups excluding carboxylic acids is 1. The number of methoxy groups -OCH3 is 1. The Bertz CT molecular complexity index is 721. The number of hydrogen-bond donors (Lipinski definition) is 1. The molecule has 0 bridgehead atoms. The molecule has 4 nitrogen and oxygen atoms in total. The van der Waals surface area contributed by atoms with Crippen molar-refractivity contribution in [3.05, 3.63) is 53.6 Å². The number of amides is 1. The van der Waals surface area contributed by atoms with Crippen LogP contribution in [0.1, 0.15) is 35.2 Å². The second-order valence-electron chi connectivity index (χ2n) is 6.20. The van der Waals surface area contributed by atoms with Gasteiger partial charge in [-0.15, -0.1) is 0 Å². The average Bonchev–Trinajstić information content (AvgIpc) is 2.64. The molecule has 0 aromatic heterocycles. The van der Waals surface area contributed by atoms with Gasteiger partial charge in [0.2, 0.25) is 0 Å². The van der Waals surface area contributed by atoms with Crippen molar-refractivity contribution in [3.8, 4) is 5.75 Å². The predicted octanol–water partition coefficient (Wildman–Crippen LogP) is 4.37. The van der Waals surface area contributed by atoms with E-state index in [1.54, 1.807) is 7.11 Å². The molecule has 2 aromatic rings. The molecule has 4 heteroatoms. The molecule has 1 N–H and O–H groups in total. The molecular formula is C20H24N2O2. The van der Waals surface area contributed by atoms with Crippen LogP contribution in [0.4, 0.5) is 11.4 Å². The van der Waals surface area contributed by atoms with E-state index in [9.17, 15) is 4.79 Å². The summed E-state index contributed by atoms with van der Waals surface area (Å²) in [4.78, 5) is 14.8. The molecule has 0 atom stereocenters. The van der Waals surface area contributed by atoms with Crippen molar-refractivity contribution >= 4 is 17.3 Å². The summed E-state index contributed by atoms with van der Waals surface area (Å²) in [5.74, 6) is 0.944. The summed E-state index contributed by atoms with van der Waals surface area (Å²) in [5.41, 5.74) is 3.64. The van der Waals surface area contributed by atoms with Crippen LogP contribution < -0.4 is 10.1 Å². The van der Waals surface area contributed by atoms with Crippen molar-refractivity contribution < 1.29 is 9.53 Å². The van der Waals surface area contributed by atoms with Crippen molar-refractivity contribution in [2.45, 2.75) is 26.2 Å². The standard InChI is InChI=1S/C20H24N2O2/c1-15-14-16(24-2)10-11-18(15)21-19-9-5-4-8-17(19)20(23)22-12-6-3-7-13-22/h4-5,8-11,14,21H,3,6-7,12-13H2,1-2H3. The summed E-state index contributed by atoms with van der Waals surface area (Å²) in [6, 6.07) is 13.6. The number of rotatable bonds is 4. The van der Waals surface area contributed by atoms with Gasteiger partial charge in [0, 0.05) is 18.8 Å². The van der Waals surface area contributed by atoms with Crippen molar-refractivity contribution in [2.75, 3.05) is 25.5 Å². The van der Waals surface area contributed by atoms with Gasteiger partial charge < -0.3 is 15.0 Å². The summed E-state index contributed by atoms with van der Waals surface area (Å²) in [6.07, 6.45) is 3.41. The molecule has 0 saturated carbocycles. The minimum atomic E-state index is 0.115. The zero-order chi connectivity index (χ0) is 16.9. The van der Waals surface area contributed by atoms with Gasteiger partial charge in [-0.25, -0.2) is 0 Å². The van der Waals surface area contributed by atoms with E-state index in [0.717, 1.165) is 54.2 Å². The third-order valence-electron chi connectivity index (χ3n) is 4.50. The Morgan fingerprint density at radius 2 is 1.79 bits per heavy atom. The molecule has 1 aliphatic rings. The van der Waals surface area contributed by atoms with Crippen LogP contribution in [0.25, 0.3) is 0 Å². The fourth-order valence-electron chi connectivity index (χ4n) is 3.09. The molecule has 1 heterocycles. The van der Waals surface area contributed by atoms with E-state index in [0.29, 0.717) is 0 Å². The third-order valence-corrected chi connectivity index (χ3v) is 4.50. The maximum absolute atomic E-state index is 12.9. The quantitative estimate of drug-likeness (QED) is 0.908. The van der Waals surface area contributed by atoms with E-state index in [-0.39, 0.29) is 5.91 Å². The second-order valence-corrected chi connectivity index (χ2v) is 6.20. The van der Waals surface area contributed by atoms with E-state index >= 15 is 0 Å². The van der Waals surface area contributed by atoms with Crippen LogP contribution in [0, 0.1) is 6.92 Å². The first-order valence-electron chi connectivity index (χ1n) is 8.49. The highest BCUT2D eigenvalue weighted by Gasteiger charge is 2.20.